The van der Waals surface area contributed by atoms with Gasteiger partial charge in [-0.2, -0.15) is 0 Å². The molecule has 1 aromatic heterocycles. The van der Waals surface area contributed by atoms with E-state index in [0.717, 1.165) is 5.56 Å². The Morgan fingerprint density at radius 2 is 1.92 bits per heavy atom. The van der Waals surface area contributed by atoms with Gasteiger partial charge in [0, 0.05) is 18.2 Å². The Labute approximate surface area is 138 Å². The molecule has 3 aromatic rings. The van der Waals surface area contributed by atoms with Crippen LogP contribution in [0.5, 0.6) is 23.0 Å². The number of hydrogen-bond acceptors (Lipinski definition) is 6. The summed E-state index contributed by atoms with van der Waals surface area (Å²) in [4.78, 5) is 0. The lowest BCUT2D eigenvalue weighted by Crippen LogP contribution is -2.01. The van der Waals surface area contributed by atoms with Crippen LogP contribution in [0.2, 0.25) is 0 Å². The molecule has 124 valence electrons. The molecule has 3 rings (SSSR count). The van der Waals surface area contributed by atoms with Crippen LogP contribution in [0.25, 0.3) is 0 Å². The zero-order valence-electron chi connectivity index (χ0n) is 13.0. The number of benzene rings is 2. The fourth-order valence-corrected chi connectivity index (χ4v) is 2.42. The molecule has 1 heterocycles. The van der Waals surface area contributed by atoms with Crippen molar-refractivity contribution in [2.24, 2.45) is 0 Å². The van der Waals surface area contributed by atoms with E-state index in [2.05, 4.69) is 10.3 Å². The molecular weight excluding hydrogens is 310 g/mol. The van der Waals surface area contributed by atoms with Crippen molar-refractivity contribution in [2.45, 2.75) is 13.0 Å². The number of para-hydroxylation sites is 1. The van der Waals surface area contributed by atoms with Crippen LogP contribution in [0.1, 0.15) is 16.8 Å². The monoisotopic (exact) mass is 327 g/mol. The quantitative estimate of drug-likeness (QED) is 0.620. The predicted molar refractivity (Wildman–Crippen MR) is 86.4 cm³/mol. The first-order valence-electron chi connectivity index (χ1n) is 7.31. The van der Waals surface area contributed by atoms with Gasteiger partial charge in [0.15, 0.2) is 23.0 Å². The topological polar surface area (TPSA) is 101 Å². The van der Waals surface area contributed by atoms with E-state index < -0.39 is 0 Å². The summed E-state index contributed by atoms with van der Waals surface area (Å²) < 4.78 is 6.70. The molecule has 0 unspecified atom stereocenters. The molecule has 0 aliphatic rings. The first-order valence-corrected chi connectivity index (χ1v) is 7.31. The first-order chi connectivity index (χ1) is 11.6. The third-order valence-electron chi connectivity index (χ3n) is 3.65. The van der Waals surface area contributed by atoms with E-state index in [1.165, 1.54) is 19.2 Å². The molecule has 0 saturated heterocycles. The Kier molecular flexibility index (Phi) is 4.24. The van der Waals surface area contributed by atoms with Crippen LogP contribution < -0.4 is 4.74 Å². The normalized spacial score (nSPS) is 10.7. The van der Waals surface area contributed by atoms with Gasteiger partial charge in [0.2, 0.25) is 0 Å². The van der Waals surface area contributed by atoms with Crippen molar-refractivity contribution in [3.05, 3.63) is 59.4 Å². The second kappa shape index (κ2) is 6.49. The molecule has 0 aliphatic carbocycles. The SMILES string of the molecule is COc1cccc(Cn2cc(Cc3ccc(O)c(O)c3)nn2)c1O. The Bertz CT molecular complexity index is 861. The molecule has 0 fully saturated rings. The van der Waals surface area contributed by atoms with Crippen molar-refractivity contribution in [3.63, 3.8) is 0 Å². The van der Waals surface area contributed by atoms with E-state index in [-0.39, 0.29) is 17.2 Å². The third-order valence-corrected chi connectivity index (χ3v) is 3.65. The van der Waals surface area contributed by atoms with Crippen LogP contribution in [0.4, 0.5) is 0 Å². The molecule has 0 bridgehead atoms. The lowest BCUT2D eigenvalue weighted by atomic mass is 10.1. The molecule has 0 amide bonds. The minimum atomic E-state index is -0.166. The Balaban J connectivity index is 1.75. The average Bonchev–Trinajstić information content (AvgIpc) is 3.00. The summed E-state index contributed by atoms with van der Waals surface area (Å²) in [5.74, 6) is 0.171. The van der Waals surface area contributed by atoms with Gasteiger partial charge in [-0.3, -0.25) is 0 Å². The fraction of sp³-hybridized carbons (Fsp3) is 0.176. The number of phenolic OH excluding ortho intramolecular Hbond substituents is 3. The number of aromatic nitrogens is 3. The maximum absolute atomic E-state index is 10.1. The smallest absolute Gasteiger partial charge is 0.162 e. The lowest BCUT2D eigenvalue weighted by Gasteiger charge is -2.08. The van der Waals surface area contributed by atoms with Crippen LogP contribution in [0.15, 0.2) is 42.6 Å². The molecule has 2 aromatic carbocycles. The van der Waals surface area contributed by atoms with Gasteiger partial charge in [0.05, 0.1) is 19.3 Å². The maximum atomic E-state index is 10.1. The van der Waals surface area contributed by atoms with Gasteiger partial charge in [0.25, 0.3) is 0 Å². The highest BCUT2D eigenvalue weighted by Gasteiger charge is 2.10. The standard InChI is InChI=1S/C17H17N3O4/c1-24-16-4-2-3-12(17(16)23)9-20-10-13(18-19-20)7-11-5-6-14(21)15(22)8-11/h2-6,8,10,21-23H,7,9H2,1H3. The number of ether oxygens (including phenoxy) is 1. The average molecular weight is 327 g/mol. The van der Waals surface area contributed by atoms with Gasteiger partial charge >= 0.3 is 0 Å². The largest absolute Gasteiger partial charge is 0.504 e. The molecule has 0 aliphatic heterocycles. The Morgan fingerprint density at radius 3 is 2.67 bits per heavy atom. The van der Waals surface area contributed by atoms with Crippen LogP contribution in [-0.4, -0.2) is 37.4 Å². The van der Waals surface area contributed by atoms with Gasteiger partial charge < -0.3 is 20.1 Å². The van der Waals surface area contributed by atoms with Crippen molar-refractivity contribution >= 4 is 0 Å². The number of hydrogen-bond donors (Lipinski definition) is 3. The summed E-state index contributed by atoms with van der Waals surface area (Å²) in [6.07, 6.45) is 2.24. The molecular formula is C17H17N3O4. The second-order valence-electron chi connectivity index (χ2n) is 5.38. The Hall–Kier alpha value is -3.22. The van der Waals surface area contributed by atoms with Gasteiger partial charge in [-0.25, -0.2) is 4.68 Å². The Morgan fingerprint density at radius 1 is 1.08 bits per heavy atom. The van der Waals surface area contributed by atoms with Crippen LogP contribution >= 0.6 is 0 Å². The molecule has 0 saturated carbocycles. The minimum absolute atomic E-state index is 0.0838. The first kappa shape index (κ1) is 15.7. The molecule has 7 heteroatoms. The van der Waals surface area contributed by atoms with Crippen LogP contribution in [0, 0.1) is 0 Å². The highest BCUT2D eigenvalue weighted by atomic mass is 16.5. The molecule has 0 atom stereocenters. The summed E-state index contributed by atoms with van der Waals surface area (Å²) in [7, 11) is 1.50. The lowest BCUT2D eigenvalue weighted by molar-refractivity contribution is 0.369. The molecule has 7 nitrogen and oxygen atoms in total. The molecule has 24 heavy (non-hydrogen) atoms. The van der Waals surface area contributed by atoms with Crippen molar-refractivity contribution in [2.75, 3.05) is 7.11 Å². The molecule has 0 spiro atoms. The third kappa shape index (κ3) is 3.24. The van der Waals surface area contributed by atoms with E-state index in [9.17, 15) is 15.3 Å². The molecule has 0 radical (unpaired) electrons. The van der Waals surface area contributed by atoms with E-state index in [1.54, 1.807) is 35.1 Å². The number of rotatable bonds is 5. The second-order valence-corrected chi connectivity index (χ2v) is 5.38. The number of aromatic hydroxyl groups is 3. The van der Waals surface area contributed by atoms with Crippen molar-refractivity contribution < 1.29 is 20.1 Å². The van der Waals surface area contributed by atoms with E-state index >= 15 is 0 Å². The van der Waals surface area contributed by atoms with Gasteiger partial charge in [-0.1, -0.05) is 23.4 Å². The van der Waals surface area contributed by atoms with E-state index in [4.69, 9.17) is 4.74 Å². The summed E-state index contributed by atoms with van der Waals surface area (Å²) in [5.41, 5.74) is 2.19. The van der Waals surface area contributed by atoms with E-state index in [0.29, 0.717) is 30.0 Å². The fourth-order valence-electron chi connectivity index (χ4n) is 2.42. The molecule has 3 N–H and O–H groups in total. The predicted octanol–water partition coefficient (Wildman–Crippen LogP) is 2.04. The van der Waals surface area contributed by atoms with Crippen molar-refractivity contribution in [1.29, 1.82) is 0 Å². The summed E-state index contributed by atoms with van der Waals surface area (Å²) in [5, 5.41) is 37.1. The van der Waals surface area contributed by atoms with Gasteiger partial charge in [-0.15, -0.1) is 5.10 Å². The van der Waals surface area contributed by atoms with Gasteiger partial charge in [0.1, 0.15) is 0 Å². The minimum Gasteiger partial charge on any atom is -0.504 e. The van der Waals surface area contributed by atoms with Crippen LogP contribution in [0.3, 0.4) is 0 Å². The van der Waals surface area contributed by atoms with Crippen molar-refractivity contribution in [1.82, 2.24) is 15.0 Å². The number of phenols is 3. The van der Waals surface area contributed by atoms with Gasteiger partial charge in [-0.05, 0) is 23.8 Å². The summed E-state index contributed by atoms with van der Waals surface area (Å²) >= 11 is 0. The maximum Gasteiger partial charge on any atom is 0.162 e. The number of methoxy groups -OCH3 is 1. The highest BCUT2D eigenvalue weighted by molar-refractivity contribution is 5.45. The highest BCUT2D eigenvalue weighted by Crippen LogP contribution is 2.30. The number of nitrogens with zero attached hydrogens (tertiary/aromatic N) is 3. The summed E-state index contributed by atoms with van der Waals surface area (Å²) in [6.45, 7) is 0.358. The van der Waals surface area contributed by atoms with Crippen LogP contribution in [-0.2, 0) is 13.0 Å². The van der Waals surface area contributed by atoms with Crippen molar-refractivity contribution in [3.8, 4) is 23.0 Å². The van der Waals surface area contributed by atoms with E-state index in [1.807, 2.05) is 0 Å². The zero-order chi connectivity index (χ0) is 17.1. The zero-order valence-corrected chi connectivity index (χ0v) is 13.0. The summed E-state index contributed by atoms with van der Waals surface area (Å²) in [6, 6.07) is 9.90.